The molecule has 0 heterocycles. The Balaban J connectivity index is 2.08. The molecule has 2 N–H and O–H groups in total. The van der Waals surface area contributed by atoms with E-state index in [4.69, 9.17) is 26.4 Å². The van der Waals surface area contributed by atoms with Crippen LogP contribution in [0.5, 0.6) is 17.2 Å². The molecule has 0 saturated heterocycles. The molecule has 0 aliphatic heterocycles. The second-order valence-electron chi connectivity index (χ2n) is 5.14. The summed E-state index contributed by atoms with van der Waals surface area (Å²) in [6.07, 6.45) is 0. The van der Waals surface area contributed by atoms with E-state index in [9.17, 15) is 0 Å². The molecular formula is C18H22N2O3S. The number of methoxy groups -OCH3 is 3. The molecule has 0 aliphatic rings. The minimum Gasteiger partial charge on any atom is -0.496 e. The van der Waals surface area contributed by atoms with Crippen molar-refractivity contribution in [3.63, 3.8) is 0 Å². The Kier molecular flexibility index (Phi) is 6.26. The summed E-state index contributed by atoms with van der Waals surface area (Å²) in [5.74, 6) is 1.98. The average Bonchev–Trinajstić information content (AvgIpc) is 2.61. The maximum absolute atomic E-state index is 5.42. The minimum atomic E-state index is 0.501. The van der Waals surface area contributed by atoms with E-state index in [1.807, 2.05) is 37.3 Å². The molecular weight excluding hydrogens is 324 g/mol. The number of para-hydroxylation sites is 1. The maximum atomic E-state index is 5.42. The molecule has 128 valence electrons. The fourth-order valence-corrected chi connectivity index (χ4v) is 2.47. The normalized spacial score (nSPS) is 10.0. The van der Waals surface area contributed by atoms with Crippen LogP contribution in [0.1, 0.15) is 11.1 Å². The van der Waals surface area contributed by atoms with Crippen molar-refractivity contribution < 1.29 is 14.2 Å². The Labute approximate surface area is 147 Å². The summed E-state index contributed by atoms with van der Waals surface area (Å²) in [7, 11) is 4.82. The van der Waals surface area contributed by atoms with Crippen LogP contribution in [0, 0.1) is 6.92 Å². The van der Waals surface area contributed by atoms with Crippen molar-refractivity contribution in [2.24, 2.45) is 0 Å². The van der Waals surface area contributed by atoms with E-state index in [1.165, 1.54) is 0 Å². The highest BCUT2D eigenvalue weighted by Gasteiger charge is 2.12. The van der Waals surface area contributed by atoms with Crippen LogP contribution in [-0.2, 0) is 6.54 Å². The van der Waals surface area contributed by atoms with Gasteiger partial charge in [-0.25, -0.2) is 0 Å². The Morgan fingerprint density at radius 2 is 1.58 bits per heavy atom. The van der Waals surface area contributed by atoms with E-state index in [0.29, 0.717) is 28.9 Å². The third kappa shape index (κ3) is 4.29. The van der Waals surface area contributed by atoms with Crippen LogP contribution in [0.4, 0.5) is 5.69 Å². The molecule has 6 heteroatoms. The maximum Gasteiger partial charge on any atom is 0.171 e. The van der Waals surface area contributed by atoms with Gasteiger partial charge in [0.05, 0.1) is 21.3 Å². The highest BCUT2D eigenvalue weighted by atomic mass is 32.1. The van der Waals surface area contributed by atoms with Crippen molar-refractivity contribution in [1.82, 2.24) is 5.32 Å². The molecule has 2 aromatic rings. The fourth-order valence-electron chi connectivity index (χ4n) is 2.29. The van der Waals surface area contributed by atoms with E-state index in [-0.39, 0.29) is 0 Å². The first-order chi connectivity index (χ1) is 11.6. The van der Waals surface area contributed by atoms with Crippen molar-refractivity contribution in [3.8, 4) is 17.2 Å². The van der Waals surface area contributed by atoms with Crippen molar-refractivity contribution >= 4 is 23.0 Å². The molecule has 5 nitrogen and oxygen atoms in total. The molecule has 0 amide bonds. The molecule has 0 fully saturated rings. The molecule has 2 rings (SSSR count). The van der Waals surface area contributed by atoms with Gasteiger partial charge in [-0.15, -0.1) is 0 Å². The predicted octanol–water partition coefficient (Wildman–Crippen LogP) is 3.51. The number of aryl methyl sites for hydroxylation is 1. The third-order valence-electron chi connectivity index (χ3n) is 3.62. The number of benzene rings is 2. The fraction of sp³-hybridized carbons (Fsp3) is 0.278. The Bertz CT molecular complexity index is 719. The topological polar surface area (TPSA) is 51.8 Å². The van der Waals surface area contributed by atoms with E-state index in [2.05, 4.69) is 10.6 Å². The lowest BCUT2D eigenvalue weighted by molar-refractivity contribution is 0.347. The van der Waals surface area contributed by atoms with Crippen LogP contribution < -0.4 is 24.8 Å². The Hall–Kier alpha value is -2.47. The van der Waals surface area contributed by atoms with E-state index < -0.39 is 0 Å². The highest BCUT2D eigenvalue weighted by molar-refractivity contribution is 7.80. The highest BCUT2D eigenvalue weighted by Crippen LogP contribution is 2.34. The van der Waals surface area contributed by atoms with Crippen molar-refractivity contribution in [1.29, 1.82) is 0 Å². The first-order valence-corrected chi connectivity index (χ1v) is 7.89. The van der Waals surface area contributed by atoms with Crippen molar-refractivity contribution in [2.45, 2.75) is 13.5 Å². The quantitative estimate of drug-likeness (QED) is 0.781. The van der Waals surface area contributed by atoms with Gasteiger partial charge in [-0.05, 0) is 36.8 Å². The first kappa shape index (κ1) is 17.9. The van der Waals surface area contributed by atoms with Gasteiger partial charge < -0.3 is 24.8 Å². The third-order valence-corrected chi connectivity index (χ3v) is 3.87. The SMILES string of the molecule is COc1cc(OC)c(OC)cc1CNC(=S)Nc1ccccc1C. The minimum absolute atomic E-state index is 0.501. The summed E-state index contributed by atoms with van der Waals surface area (Å²) in [6, 6.07) is 11.7. The average molecular weight is 346 g/mol. The van der Waals surface area contributed by atoms with Gasteiger partial charge in [0.2, 0.25) is 0 Å². The molecule has 0 saturated carbocycles. The van der Waals surface area contributed by atoms with Gasteiger partial charge >= 0.3 is 0 Å². The van der Waals surface area contributed by atoms with Crippen molar-refractivity contribution in [2.75, 3.05) is 26.6 Å². The lowest BCUT2D eigenvalue weighted by atomic mass is 10.1. The lowest BCUT2D eigenvalue weighted by Gasteiger charge is -2.16. The summed E-state index contributed by atoms with van der Waals surface area (Å²) in [6.45, 7) is 2.53. The number of nitrogens with one attached hydrogen (secondary N) is 2. The summed E-state index contributed by atoms with van der Waals surface area (Å²) >= 11 is 5.37. The van der Waals surface area contributed by atoms with E-state index in [1.54, 1.807) is 27.4 Å². The van der Waals surface area contributed by atoms with E-state index in [0.717, 1.165) is 16.8 Å². The molecule has 0 aromatic heterocycles. The molecule has 0 aliphatic carbocycles. The molecule has 0 spiro atoms. The number of anilines is 1. The molecule has 0 radical (unpaired) electrons. The molecule has 0 bridgehead atoms. The predicted molar refractivity (Wildman–Crippen MR) is 100 cm³/mol. The molecule has 2 aromatic carbocycles. The lowest BCUT2D eigenvalue weighted by Crippen LogP contribution is -2.28. The largest absolute Gasteiger partial charge is 0.496 e. The summed E-state index contributed by atoms with van der Waals surface area (Å²) in [5.41, 5.74) is 3.03. The standard InChI is InChI=1S/C18H22N2O3S/c1-12-7-5-6-8-14(12)20-18(24)19-11-13-9-16(22-3)17(23-4)10-15(13)21-2/h5-10H,11H2,1-4H3,(H2,19,20,24). The number of thiocarbonyl (C=S) groups is 1. The van der Waals surface area contributed by atoms with Crippen LogP contribution in [0.2, 0.25) is 0 Å². The van der Waals surface area contributed by atoms with Crippen molar-refractivity contribution in [3.05, 3.63) is 47.5 Å². The van der Waals surface area contributed by atoms with Gasteiger partial charge in [-0.3, -0.25) is 0 Å². The van der Waals surface area contributed by atoms with Gasteiger partial charge in [0.25, 0.3) is 0 Å². The van der Waals surface area contributed by atoms with Crippen LogP contribution in [0.15, 0.2) is 36.4 Å². The number of hydrogen-bond donors (Lipinski definition) is 2. The van der Waals surface area contributed by atoms with Gasteiger partial charge in [0.15, 0.2) is 16.6 Å². The van der Waals surface area contributed by atoms with Crippen LogP contribution in [0.25, 0.3) is 0 Å². The molecule has 24 heavy (non-hydrogen) atoms. The van der Waals surface area contributed by atoms with Gasteiger partial charge in [-0.1, -0.05) is 18.2 Å². The number of hydrogen-bond acceptors (Lipinski definition) is 4. The Morgan fingerprint density at radius 3 is 2.21 bits per heavy atom. The second kappa shape index (κ2) is 8.40. The second-order valence-corrected chi connectivity index (χ2v) is 5.55. The number of rotatable bonds is 6. The zero-order valence-electron chi connectivity index (χ0n) is 14.3. The van der Waals surface area contributed by atoms with Gasteiger partial charge in [0.1, 0.15) is 5.75 Å². The summed E-state index contributed by atoms with van der Waals surface area (Å²) in [5, 5.41) is 6.92. The first-order valence-electron chi connectivity index (χ1n) is 7.48. The summed E-state index contributed by atoms with van der Waals surface area (Å²) < 4.78 is 16.0. The molecule has 0 unspecified atom stereocenters. The molecule has 0 atom stereocenters. The summed E-state index contributed by atoms with van der Waals surface area (Å²) in [4.78, 5) is 0. The number of ether oxygens (including phenoxy) is 3. The van der Waals surface area contributed by atoms with E-state index >= 15 is 0 Å². The van der Waals surface area contributed by atoms with Crippen LogP contribution in [-0.4, -0.2) is 26.4 Å². The zero-order valence-corrected chi connectivity index (χ0v) is 15.1. The Morgan fingerprint density at radius 1 is 0.958 bits per heavy atom. The van der Waals surface area contributed by atoms with Crippen LogP contribution >= 0.6 is 12.2 Å². The smallest absolute Gasteiger partial charge is 0.171 e. The van der Waals surface area contributed by atoms with Crippen LogP contribution in [0.3, 0.4) is 0 Å². The van der Waals surface area contributed by atoms with Gasteiger partial charge in [0, 0.05) is 23.9 Å². The zero-order chi connectivity index (χ0) is 17.5. The monoisotopic (exact) mass is 346 g/mol. The van der Waals surface area contributed by atoms with Gasteiger partial charge in [-0.2, -0.15) is 0 Å².